The van der Waals surface area contributed by atoms with E-state index in [2.05, 4.69) is 20.5 Å². The minimum Gasteiger partial charge on any atom is -0.332 e. The van der Waals surface area contributed by atoms with Crippen molar-refractivity contribution in [2.45, 2.75) is 6.92 Å². The van der Waals surface area contributed by atoms with E-state index < -0.39 is 5.82 Å². The van der Waals surface area contributed by atoms with Gasteiger partial charge in [-0.1, -0.05) is 46.2 Å². The van der Waals surface area contributed by atoms with Gasteiger partial charge < -0.3 is 4.52 Å². The summed E-state index contributed by atoms with van der Waals surface area (Å²) in [7, 11) is 0. The van der Waals surface area contributed by atoms with Crippen molar-refractivity contribution in [2.24, 2.45) is 0 Å². The molecule has 0 aliphatic heterocycles. The lowest BCUT2D eigenvalue weighted by Crippen LogP contribution is -2.01. The predicted molar refractivity (Wildman–Crippen MR) is 89.8 cm³/mol. The van der Waals surface area contributed by atoms with Crippen LogP contribution in [0.15, 0.2) is 53.1 Å². The lowest BCUT2D eigenvalue weighted by atomic mass is 10.2. The number of hydrogen-bond donors (Lipinski definition) is 0. The quantitative estimate of drug-likeness (QED) is 0.553. The van der Waals surface area contributed by atoms with Crippen LogP contribution in [-0.4, -0.2) is 25.1 Å². The van der Waals surface area contributed by atoms with E-state index in [1.165, 1.54) is 10.7 Å². The van der Waals surface area contributed by atoms with Crippen LogP contribution < -0.4 is 0 Å². The molecule has 2 aromatic carbocycles. The molecule has 0 saturated carbocycles. The molecule has 0 spiro atoms. The highest BCUT2D eigenvalue weighted by Crippen LogP contribution is 2.28. The maximum atomic E-state index is 14.0. The molecule has 0 atom stereocenters. The first-order chi connectivity index (χ1) is 12.1. The largest absolute Gasteiger partial charge is 0.332 e. The Kier molecular flexibility index (Phi) is 3.77. The van der Waals surface area contributed by atoms with Crippen LogP contribution in [-0.2, 0) is 0 Å². The Morgan fingerprint density at radius 3 is 2.64 bits per heavy atom. The van der Waals surface area contributed by atoms with Gasteiger partial charge in [-0.05, 0) is 31.2 Å². The highest BCUT2D eigenvalue weighted by molar-refractivity contribution is 6.33. The topological polar surface area (TPSA) is 69.6 Å². The second kappa shape index (κ2) is 6.10. The molecule has 0 aliphatic carbocycles. The van der Waals surface area contributed by atoms with Crippen LogP contribution in [0.1, 0.15) is 5.69 Å². The molecule has 0 unspecified atom stereocenters. The normalized spacial score (nSPS) is 11.0. The maximum Gasteiger partial charge on any atom is 0.280 e. The fraction of sp³-hybridized carbons (Fsp3) is 0.0588. The highest BCUT2D eigenvalue weighted by atomic mass is 35.5. The van der Waals surface area contributed by atoms with Gasteiger partial charge in [-0.3, -0.25) is 0 Å². The van der Waals surface area contributed by atoms with Gasteiger partial charge in [0.15, 0.2) is 5.69 Å². The number of para-hydroxylation sites is 1. The van der Waals surface area contributed by atoms with Gasteiger partial charge in [0.1, 0.15) is 11.5 Å². The fourth-order valence-corrected chi connectivity index (χ4v) is 2.67. The third kappa shape index (κ3) is 2.68. The number of aromatic nitrogens is 5. The van der Waals surface area contributed by atoms with Crippen LogP contribution in [0.3, 0.4) is 0 Å². The van der Waals surface area contributed by atoms with Gasteiger partial charge in [-0.25, -0.2) is 9.07 Å². The standard InChI is InChI=1S/C17H11ClFN5O/c1-10-15(21-23-24(10)14-9-5-4-8-13(14)19)17-20-16(22-25-17)11-6-2-3-7-12(11)18/h2-9H,1H3. The van der Waals surface area contributed by atoms with E-state index in [9.17, 15) is 4.39 Å². The predicted octanol–water partition coefficient (Wildman–Crippen LogP) is 4.09. The second-order valence-electron chi connectivity index (χ2n) is 5.29. The SMILES string of the molecule is Cc1c(-c2nc(-c3ccccc3Cl)no2)nnn1-c1ccccc1F. The Hall–Kier alpha value is -3.06. The molecule has 0 aliphatic rings. The summed E-state index contributed by atoms with van der Waals surface area (Å²) < 4.78 is 20.7. The molecular formula is C17H11ClFN5O. The molecule has 25 heavy (non-hydrogen) atoms. The fourth-order valence-electron chi connectivity index (χ4n) is 2.45. The van der Waals surface area contributed by atoms with Gasteiger partial charge in [0.25, 0.3) is 5.89 Å². The molecule has 2 heterocycles. The van der Waals surface area contributed by atoms with Crippen LogP contribution in [0.4, 0.5) is 4.39 Å². The molecule has 4 rings (SSSR count). The molecule has 8 heteroatoms. The zero-order valence-electron chi connectivity index (χ0n) is 13.0. The van der Waals surface area contributed by atoms with Crippen molar-refractivity contribution in [2.75, 3.05) is 0 Å². The zero-order valence-corrected chi connectivity index (χ0v) is 13.8. The van der Waals surface area contributed by atoms with Crippen LogP contribution >= 0.6 is 11.6 Å². The van der Waals surface area contributed by atoms with E-state index in [0.717, 1.165) is 0 Å². The summed E-state index contributed by atoms with van der Waals surface area (Å²) >= 11 is 6.15. The zero-order chi connectivity index (χ0) is 17.4. The van der Waals surface area contributed by atoms with Gasteiger partial charge in [0.05, 0.1) is 10.7 Å². The number of halogens is 2. The summed E-state index contributed by atoms with van der Waals surface area (Å²) in [6.07, 6.45) is 0. The lowest BCUT2D eigenvalue weighted by molar-refractivity contribution is 0.430. The molecule has 2 aromatic heterocycles. The van der Waals surface area contributed by atoms with Crippen LogP contribution in [0.2, 0.25) is 5.02 Å². The van der Waals surface area contributed by atoms with Crippen molar-refractivity contribution in [3.8, 4) is 28.7 Å². The smallest absolute Gasteiger partial charge is 0.280 e. The molecule has 124 valence electrons. The van der Waals surface area contributed by atoms with Gasteiger partial charge in [-0.15, -0.1) is 5.10 Å². The maximum absolute atomic E-state index is 14.0. The van der Waals surface area contributed by atoms with E-state index in [0.29, 0.717) is 33.5 Å². The summed E-state index contributed by atoms with van der Waals surface area (Å²) in [6.45, 7) is 1.75. The molecule has 0 bridgehead atoms. The number of benzene rings is 2. The second-order valence-corrected chi connectivity index (χ2v) is 5.70. The number of hydrogen-bond acceptors (Lipinski definition) is 5. The van der Waals surface area contributed by atoms with Crippen LogP contribution in [0.5, 0.6) is 0 Å². The monoisotopic (exact) mass is 355 g/mol. The van der Waals surface area contributed by atoms with Crippen LogP contribution in [0.25, 0.3) is 28.7 Å². The number of rotatable bonds is 3. The summed E-state index contributed by atoms with van der Waals surface area (Å²) in [5.74, 6) is 0.139. The molecule has 0 saturated heterocycles. The first-order valence-electron chi connectivity index (χ1n) is 7.41. The van der Waals surface area contributed by atoms with E-state index in [-0.39, 0.29) is 5.89 Å². The third-order valence-electron chi connectivity index (χ3n) is 3.72. The van der Waals surface area contributed by atoms with Crippen molar-refractivity contribution >= 4 is 11.6 Å². The Labute approximate surface area is 146 Å². The van der Waals surface area contributed by atoms with E-state index in [1.54, 1.807) is 37.3 Å². The van der Waals surface area contributed by atoms with Crippen molar-refractivity contribution < 1.29 is 8.91 Å². The van der Waals surface area contributed by atoms with Crippen molar-refractivity contribution in [1.82, 2.24) is 25.1 Å². The summed E-state index contributed by atoms with van der Waals surface area (Å²) in [4.78, 5) is 4.33. The summed E-state index contributed by atoms with van der Waals surface area (Å²) in [5, 5.41) is 12.5. The summed E-state index contributed by atoms with van der Waals surface area (Å²) in [5.41, 5.74) is 1.91. The molecule has 0 N–H and O–H groups in total. The van der Waals surface area contributed by atoms with Gasteiger partial charge in [-0.2, -0.15) is 4.98 Å². The molecule has 0 radical (unpaired) electrons. The van der Waals surface area contributed by atoms with E-state index >= 15 is 0 Å². The molecule has 0 fully saturated rings. The minimum absolute atomic E-state index is 0.190. The van der Waals surface area contributed by atoms with Crippen molar-refractivity contribution in [3.63, 3.8) is 0 Å². The van der Waals surface area contributed by atoms with Gasteiger partial charge >= 0.3 is 0 Å². The molecule has 0 amide bonds. The number of nitrogens with zero attached hydrogens (tertiary/aromatic N) is 5. The van der Waals surface area contributed by atoms with Crippen LogP contribution in [0, 0.1) is 12.7 Å². The summed E-state index contributed by atoms with van der Waals surface area (Å²) in [6, 6.07) is 13.5. The Morgan fingerprint density at radius 2 is 1.84 bits per heavy atom. The average Bonchev–Trinajstić information content (AvgIpc) is 3.23. The third-order valence-corrected chi connectivity index (χ3v) is 4.05. The Morgan fingerprint density at radius 1 is 1.08 bits per heavy atom. The van der Waals surface area contributed by atoms with E-state index in [4.69, 9.17) is 16.1 Å². The van der Waals surface area contributed by atoms with Gasteiger partial charge in [0, 0.05) is 5.56 Å². The van der Waals surface area contributed by atoms with E-state index in [1.807, 2.05) is 12.1 Å². The lowest BCUT2D eigenvalue weighted by Gasteiger charge is -2.03. The molecule has 6 nitrogen and oxygen atoms in total. The van der Waals surface area contributed by atoms with Crippen molar-refractivity contribution in [3.05, 3.63) is 65.1 Å². The Balaban J connectivity index is 1.75. The first kappa shape index (κ1) is 15.5. The van der Waals surface area contributed by atoms with Crippen molar-refractivity contribution in [1.29, 1.82) is 0 Å². The average molecular weight is 356 g/mol. The first-order valence-corrected chi connectivity index (χ1v) is 7.79. The Bertz CT molecular complexity index is 1060. The molecular weight excluding hydrogens is 345 g/mol. The minimum atomic E-state index is -0.399. The van der Waals surface area contributed by atoms with Gasteiger partial charge in [0.2, 0.25) is 5.82 Å². The highest BCUT2D eigenvalue weighted by Gasteiger charge is 2.20. The molecule has 4 aromatic rings.